The van der Waals surface area contributed by atoms with Crippen LogP contribution in [-0.4, -0.2) is 10.4 Å². The van der Waals surface area contributed by atoms with Crippen LogP contribution < -0.4 is 16.1 Å². The highest BCUT2D eigenvalue weighted by Crippen LogP contribution is 2.48. The van der Waals surface area contributed by atoms with Gasteiger partial charge in [0.1, 0.15) is 5.75 Å². The smallest absolute Gasteiger partial charge is 0.422 e. The van der Waals surface area contributed by atoms with Crippen molar-refractivity contribution < 1.29 is 13.9 Å². The lowest BCUT2D eigenvalue weighted by Gasteiger charge is -2.39. The topological polar surface area (TPSA) is 78.5 Å². The van der Waals surface area contributed by atoms with Crippen LogP contribution in [0, 0.1) is 0 Å². The number of rotatable bonds is 7. The third-order valence-electron chi connectivity index (χ3n) is 7.67. The number of hydrogen-bond acceptors (Lipinski definition) is 5. The van der Waals surface area contributed by atoms with Crippen molar-refractivity contribution in [3.05, 3.63) is 123 Å². The van der Waals surface area contributed by atoms with E-state index in [0.717, 1.165) is 35.0 Å². The van der Waals surface area contributed by atoms with E-state index in [1.807, 2.05) is 78.9 Å². The zero-order chi connectivity index (χ0) is 27.0. The van der Waals surface area contributed by atoms with Crippen LogP contribution in [0.3, 0.4) is 0 Å². The fraction of sp³-hybridized carbons (Fsp3) is 0.242. The molecule has 0 N–H and O–H groups in total. The summed E-state index contributed by atoms with van der Waals surface area (Å²) in [5.41, 5.74) is 0.399. The number of carbonyl (C=O) groups excluding carboxylic acids is 1. The number of ketones is 1. The zero-order valence-corrected chi connectivity index (χ0v) is 21.8. The Kier molecular flexibility index (Phi) is 6.39. The van der Waals surface area contributed by atoms with Crippen molar-refractivity contribution in [1.82, 2.24) is 4.57 Å². The second-order valence-corrected chi connectivity index (χ2v) is 10.1. The highest BCUT2D eigenvalue weighted by atomic mass is 16.5. The minimum Gasteiger partial charge on any atom is -0.476 e. The highest BCUT2D eigenvalue weighted by Gasteiger charge is 2.45. The lowest BCUT2D eigenvalue weighted by Crippen LogP contribution is -2.41. The summed E-state index contributed by atoms with van der Waals surface area (Å²) in [7, 11) is 0. The molecule has 0 saturated heterocycles. The van der Waals surface area contributed by atoms with Crippen molar-refractivity contribution >= 4 is 27.5 Å². The van der Waals surface area contributed by atoms with Gasteiger partial charge in [-0.15, -0.1) is 0 Å². The number of ether oxygens (including phenoxy) is 1. The summed E-state index contributed by atoms with van der Waals surface area (Å²) in [5, 5.41) is 1.29. The Labute approximate surface area is 225 Å². The van der Waals surface area contributed by atoms with Gasteiger partial charge in [0.2, 0.25) is 0 Å². The molecule has 0 atom stereocenters. The normalized spacial score (nSPS) is 14.3. The van der Waals surface area contributed by atoms with Crippen LogP contribution in [0.25, 0.3) is 21.7 Å². The van der Waals surface area contributed by atoms with Crippen molar-refractivity contribution in [2.45, 2.75) is 51.2 Å². The summed E-state index contributed by atoms with van der Waals surface area (Å²) in [6.45, 7) is 2.34. The maximum atomic E-state index is 14.2. The van der Waals surface area contributed by atoms with E-state index in [-0.39, 0.29) is 35.3 Å². The molecule has 39 heavy (non-hydrogen) atoms. The van der Waals surface area contributed by atoms with Crippen molar-refractivity contribution in [1.29, 1.82) is 0 Å². The molecule has 0 aliphatic carbocycles. The first-order valence-electron chi connectivity index (χ1n) is 13.5. The fourth-order valence-electron chi connectivity index (χ4n) is 5.74. The van der Waals surface area contributed by atoms with Gasteiger partial charge in [0, 0.05) is 28.4 Å². The molecule has 0 spiro atoms. The van der Waals surface area contributed by atoms with Crippen molar-refractivity contribution in [2.24, 2.45) is 0 Å². The van der Waals surface area contributed by atoms with E-state index in [4.69, 9.17) is 9.15 Å². The molecular weight excluding hydrogens is 490 g/mol. The largest absolute Gasteiger partial charge is 0.476 e. The van der Waals surface area contributed by atoms with Gasteiger partial charge in [0.25, 0.3) is 5.56 Å². The minimum absolute atomic E-state index is 0.00344. The van der Waals surface area contributed by atoms with Gasteiger partial charge in [0.15, 0.2) is 17.0 Å². The monoisotopic (exact) mass is 519 g/mol. The Balaban J connectivity index is 1.65. The molecule has 4 aromatic carbocycles. The Hall–Kier alpha value is -4.45. The third-order valence-corrected chi connectivity index (χ3v) is 7.67. The van der Waals surface area contributed by atoms with E-state index >= 15 is 0 Å². The van der Waals surface area contributed by atoms with E-state index in [9.17, 15) is 14.4 Å². The van der Waals surface area contributed by atoms with Gasteiger partial charge in [-0.2, -0.15) is 0 Å². The molecule has 1 aliphatic heterocycles. The van der Waals surface area contributed by atoms with Gasteiger partial charge in [-0.3, -0.25) is 9.59 Å². The second kappa shape index (κ2) is 10.0. The Morgan fingerprint density at radius 3 is 2.03 bits per heavy atom. The number of fused-ring (bicyclic) bond motifs is 6. The number of benzene rings is 4. The van der Waals surface area contributed by atoms with Gasteiger partial charge < -0.3 is 9.15 Å². The molecule has 0 radical (unpaired) electrons. The van der Waals surface area contributed by atoms with E-state index in [1.165, 1.54) is 0 Å². The average molecular weight is 520 g/mol. The predicted octanol–water partition coefficient (Wildman–Crippen LogP) is 6.60. The fourth-order valence-corrected chi connectivity index (χ4v) is 5.74. The summed E-state index contributed by atoms with van der Waals surface area (Å²) in [5.74, 6) is -0.602. The van der Waals surface area contributed by atoms with Crippen LogP contribution in [-0.2, 0) is 12.1 Å². The van der Waals surface area contributed by atoms with Crippen LogP contribution in [0.2, 0.25) is 0 Å². The van der Waals surface area contributed by atoms with Crippen LogP contribution in [0.15, 0.2) is 98.9 Å². The molecule has 6 heteroatoms. The van der Waals surface area contributed by atoms with Crippen LogP contribution in [0.5, 0.6) is 5.75 Å². The van der Waals surface area contributed by atoms with E-state index < -0.39 is 16.9 Å². The molecule has 6 nitrogen and oxygen atoms in total. The Bertz CT molecular complexity index is 1760. The first kappa shape index (κ1) is 24.9. The van der Waals surface area contributed by atoms with E-state index in [2.05, 4.69) is 6.92 Å². The number of Topliss-reactive ketones (excluding diaryl/α,β-unsaturated/α-hetero) is 1. The first-order chi connectivity index (χ1) is 19.0. The summed E-state index contributed by atoms with van der Waals surface area (Å²) >= 11 is 0. The van der Waals surface area contributed by atoms with Gasteiger partial charge in [-0.05, 0) is 6.42 Å². The molecule has 0 unspecified atom stereocenters. The van der Waals surface area contributed by atoms with Crippen LogP contribution >= 0.6 is 0 Å². The summed E-state index contributed by atoms with van der Waals surface area (Å²) in [6.07, 6.45) is 3.62. The minimum atomic E-state index is -1.09. The van der Waals surface area contributed by atoms with Crippen molar-refractivity contribution in [3.63, 3.8) is 0 Å². The van der Waals surface area contributed by atoms with Gasteiger partial charge >= 0.3 is 5.76 Å². The van der Waals surface area contributed by atoms with E-state index in [0.29, 0.717) is 22.9 Å². The maximum Gasteiger partial charge on any atom is 0.422 e. The molecule has 1 aliphatic rings. The molecule has 0 saturated carbocycles. The molecule has 0 amide bonds. The maximum absolute atomic E-state index is 14.2. The summed E-state index contributed by atoms with van der Waals surface area (Å²) < 4.78 is 13.8. The number of aromatic nitrogens is 1. The Morgan fingerprint density at radius 2 is 1.38 bits per heavy atom. The second-order valence-electron chi connectivity index (χ2n) is 10.1. The SMILES string of the molecule is CCCCCCn1c(=O)oc2c(c3c(c4ccccc42)OC(c2ccccc2)(c2ccccc2)CC3=O)c1=O. The lowest BCUT2D eigenvalue weighted by atomic mass is 9.78. The number of unbranched alkanes of at least 4 members (excludes halogenated alkanes) is 3. The van der Waals surface area contributed by atoms with Crippen LogP contribution in [0.1, 0.15) is 60.5 Å². The first-order valence-corrected chi connectivity index (χ1v) is 13.5. The van der Waals surface area contributed by atoms with Crippen LogP contribution in [0.4, 0.5) is 0 Å². The quantitative estimate of drug-likeness (QED) is 0.179. The highest BCUT2D eigenvalue weighted by molar-refractivity contribution is 6.20. The predicted molar refractivity (Wildman–Crippen MR) is 152 cm³/mol. The van der Waals surface area contributed by atoms with Gasteiger partial charge in [-0.25, -0.2) is 9.36 Å². The average Bonchev–Trinajstić information content (AvgIpc) is 2.97. The molecule has 196 valence electrons. The number of hydrogen-bond donors (Lipinski definition) is 0. The molecule has 0 fully saturated rings. The molecule has 1 aromatic heterocycles. The van der Waals surface area contributed by atoms with Crippen molar-refractivity contribution in [2.75, 3.05) is 0 Å². The summed E-state index contributed by atoms with van der Waals surface area (Å²) in [4.78, 5) is 41.0. The van der Waals surface area contributed by atoms with Gasteiger partial charge in [0.05, 0.1) is 17.4 Å². The van der Waals surface area contributed by atoms with Gasteiger partial charge in [-0.1, -0.05) is 111 Å². The third kappa shape index (κ3) is 4.07. The summed E-state index contributed by atoms with van der Waals surface area (Å²) in [6, 6.07) is 26.7. The van der Waals surface area contributed by atoms with E-state index in [1.54, 1.807) is 6.07 Å². The molecule has 6 rings (SSSR count). The molecule has 0 bridgehead atoms. The molecule has 5 aromatic rings. The Morgan fingerprint density at radius 1 is 0.769 bits per heavy atom. The standard InChI is InChI=1S/C33H29NO5/c1-2-3-4-13-20-34-31(36)28-27-26(35)21-33(22-14-7-5-8-15-22,23-16-9-6-10-17-23)39-30(27)25-19-12-11-18-24(25)29(28)38-32(34)37/h5-12,14-19H,2-4,13,20-21H2,1H3. The molecular formula is C33H29NO5. The van der Waals surface area contributed by atoms with Crippen molar-refractivity contribution in [3.8, 4) is 5.75 Å². The lowest BCUT2D eigenvalue weighted by molar-refractivity contribution is 0.0630. The zero-order valence-electron chi connectivity index (χ0n) is 21.8. The molecule has 2 heterocycles. The number of carbonyl (C=O) groups is 1. The number of nitrogens with zero attached hydrogens (tertiary/aromatic N) is 1.